The first-order valence-corrected chi connectivity index (χ1v) is 15.2. The number of hydrogen-bond acceptors (Lipinski definition) is 6. The fourth-order valence-electron chi connectivity index (χ4n) is 7.51. The molecule has 9 rings (SSSR count). The highest BCUT2D eigenvalue weighted by Gasteiger charge is 2.47. The highest BCUT2D eigenvalue weighted by Crippen LogP contribution is 2.54. The first kappa shape index (κ1) is 25.2. The third kappa shape index (κ3) is 3.20. The number of anilines is 6. The van der Waals surface area contributed by atoms with Crippen molar-refractivity contribution >= 4 is 57.4 Å². The van der Waals surface area contributed by atoms with Gasteiger partial charge in [-0.2, -0.15) is 0 Å². The maximum absolute atomic E-state index is 5.23. The first-order chi connectivity index (χ1) is 21.4. The van der Waals surface area contributed by atoms with Crippen molar-refractivity contribution in [3.8, 4) is 0 Å². The molecule has 4 heterocycles. The summed E-state index contributed by atoms with van der Waals surface area (Å²) in [4.78, 5) is 19.8. The van der Waals surface area contributed by atoms with Gasteiger partial charge in [0.05, 0.1) is 45.2 Å². The predicted octanol–water partition coefficient (Wildman–Crippen LogP) is 9.48. The van der Waals surface area contributed by atoms with Crippen molar-refractivity contribution in [2.75, 3.05) is 19.6 Å². The maximum atomic E-state index is 5.23. The molecule has 44 heavy (non-hydrogen) atoms. The Labute approximate surface area is 257 Å². The molecule has 0 aromatic heterocycles. The molecular formula is C38H32N6. The van der Waals surface area contributed by atoms with E-state index in [4.69, 9.17) is 9.98 Å². The highest BCUT2D eigenvalue weighted by molar-refractivity contribution is 6.24. The molecule has 6 heteroatoms. The summed E-state index contributed by atoms with van der Waals surface area (Å²) in [6.07, 6.45) is 0. The molecule has 0 atom stereocenters. The molecule has 0 aliphatic carbocycles. The molecular weight excluding hydrogens is 540 g/mol. The van der Waals surface area contributed by atoms with E-state index in [1.807, 2.05) is 0 Å². The van der Waals surface area contributed by atoms with Crippen LogP contribution in [0.5, 0.6) is 0 Å². The van der Waals surface area contributed by atoms with Crippen molar-refractivity contribution in [2.45, 2.75) is 38.8 Å². The minimum Gasteiger partial charge on any atom is -0.300 e. The normalized spacial score (nSPS) is 18.0. The van der Waals surface area contributed by atoms with Crippen LogP contribution in [0.2, 0.25) is 0 Å². The van der Waals surface area contributed by atoms with E-state index >= 15 is 0 Å². The maximum Gasteiger partial charge on any atom is 0.216 e. The molecule has 214 valence electrons. The van der Waals surface area contributed by atoms with Crippen molar-refractivity contribution in [3.63, 3.8) is 0 Å². The average molecular weight is 573 g/mol. The molecule has 0 radical (unpaired) electrons. The van der Waals surface area contributed by atoms with Gasteiger partial charge in [0.1, 0.15) is 0 Å². The molecule has 6 nitrogen and oxygen atoms in total. The van der Waals surface area contributed by atoms with E-state index in [2.05, 4.69) is 169 Å². The average Bonchev–Trinajstić information content (AvgIpc) is 3.55. The molecule has 0 saturated carbocycles. The fraction of sp³-hybridized carbons (Fsp3) is 0.158. The van der Waals surface area contributed by atoms with Crippen molar-refractivity contribution < 1.29 is 0 Å². The topological polar surface area (TPSA) is 37.7 Å². The summed E-state index contributed by atoms with van der Waals surface area (Å²) in [5.74, 6) is 1.85. The van der Waals surface area contributed by atoms with Crippen molar-refractivity contribution in [1.82, 2.24) is 0 Å². The van der Waals surface area contributed by atoms with E-state index in [1.54, 1.807) is 0 Å². The van der Waals surface area contributed by atoms with Gasteiger partial charge < -0.3 is 0 Å². The predicted molar refractivity (Wildman–Crippen MR) is 182 cm³/mol. The molecule has 0 saturated heterocycles. The monoisotopic (exact) mass is 572 g/mol. The van der Waals surface area contributed by atoms with Crippen molar-refractivity contribution in [2.24, 2.45) is 9.98 Å². The molecule has 0 bridgehead atoms. The van der Waals surface area contributed by atoms with E-state index in [0.29, 0.717) is 0 Å². The van der Waals surface area contributed by atoms with Gasteiger partial charge in [-0.3, -0.25) is 19.6 Å². The van der Waals surface area contributed by atoms with Crippen LogP contribution < -0.4 is 19.6 Å². The number of guanidine groups is 2. The van der Waals surface area contributed by atoms with Gasteiger partial charge in [0.2, 0.25) is 11.9 Å². The van der Waals surface area contributed by atoms with Gasteiger partial charge in [-0.1, -0.05) is 60.7 Å². The molecule has 0 unspecified atom stereocenters. The summed E-state index contributed by atoms with van der Waals surface area (Å²) in [7, 11) is 0. The molecule has 0 N–H and O–H groups in total. The summed E-state index contributed by atoms with van der Waals surface area (Å²) in [5.41, 5.74) is 10.7. The third-order valence-electron chi connectivity index (χ3n) is 9.58. The standard InChI is InChI=1S/C38H32N6/c1-37(2)27-13-5-7-15-29(27)39-35-41(31-17-9-11-19-33(31)43(35)37)25-21-23-26(24-22-25)42-32-18-10-12-20-34(32)44-36(42)40-30-16-8-6-14-28(30)38(44,3)4/h5-24H,1-4H3. The Balaban J connectivity index is 1.17. The Morgan fingerprint density at radius 1 is 0.409 bits per heavy atom. The van der Waals surface area contributed by atoms with Gasteiger partial charge in [0.15, 0.2) is 0 Å². The van der Waals surface area contributed by atoms with Crippen molar-refractivity contribution in [1.29, 1.82) is 0 Å². The van der Waals surface area contributed by atoms with E-state index in [-0.39, 0.29) is 11.1 Å². The van der Waals surface area contributed by atoms with Crippen LogP contribution in [-0.2, 0) is 11.1 Å². The molecule has 4 aliphatic heterocycles. The van der Waals surface area contributed by atoms with Gasteiger partial charge in [-0.25, -0.2) is 9.98 Å². The van der Waals surface area contributed by atoms with Crippen LogP contribution >= 0.6 is 0 Å². The summed E-state index contributed by atoms with van der Waals surface area (Å²) >= 11 is 0. The minimum atomic E-state index is -0.261. The summed E-state index contributed by atoms with van der Waals surface area (Å²) in [5, 5.41) is 0. The second-order valence-corrected chi connectivity index (χ2v) is 12.8. The summed E-state index contributed by atoms with van der Waals surface area (Å²) in [6.45, 7) is 9.13. The Morgan fingerprint density at radius 2 is 0.750 bits per heavy atom. The third-order valence-corrected chi connectivity index (χ3v) is 9.58. The van der Waals surface area contributed by atoms with Crippen LogP contribution in [0.25, 0.3) is 0 Å². The number of hydrogen-bond donors (Lipinski definition) is 0. The quantitative estimate of drug-likeness (QED) is 0.211. The van der Waals surface area contributed by atoms with Crippen molar-refractivity contribution in [3.05, 3.63) is 132 Å². The van der Waals surface area contributed by atoms with E-state index in [0.717, 1.165) is 57.4 Å². The summed E-state index contributed by atoms with van der Waals surface area (Å²) in [6, 6.07) is 43.0. The molecule has 5 aromatic carbocycles. The molecule has 0 amide bonds. The SMILES string of the molecule is CC1(C)c2ccccc2N=C2N(c3ccc(N4C5=Nc6ccccc6C(C)(C)N5c5ccccc54)cc3)c3ccccc3N21. The molecule has 5 aromatic rings. The largest absolute Gasteiger partial charge is 0.300 e. The van der Waals surface area contributed by atoms with Gasteiger partial charge >= 0.3 is 0 Å². The number of benzene rings is 5. The fourth-order valence-corrected chi connectivity index (χ4v) is 7.51. The second kappa shape index (κ2) is 8.60. The molecule has 0 spiro atoms. The lowest BCUT2D eigenvalue weighted by Gasteiger charge is -2.42. The Morgan fingerprint density at radius 3 is 1.16 bits per heavy atom. The number of para-hydroxylation sites is 6. The van der Waals surface area contributed by atoms with Crippen LogP contribution in [0.3, 0.4) is 0 Å². The van der Waals surface area contributed by atoms with Crippen LogP contribution in [0, 0.1) is 0 Å². The number of nitrogens with zero attached hydrogens (tertiary/aromatic N) is 6. The lowest BCUT2D eigenvalue weighted by Crippen LogP contribution is -2.49. The minimum absolute atomic E-state index is 0.261. The number of aliphatic imine (C=N–C) groups is 2. The Hall–Kier alpha value is -5.36. The van der Waals surface area contributed by atoms with E-state index in [9.17, 15) is 0 Å². The Kier molecular flexibility index (Phi) is 4.92. The second-order valence-electron chi connectivity index (χ2n) is 12.8. The van der Waals surface area contributed by atoms with Crippen LogP contribution in [-0.4, -0.2) is 11.9 Å². The number of fused-ring (bicyclic) bond motifs is 8. The number of rotatable bonds is 2. The van der Waals surface area contributed by atoms with E-state index < -0.39 is 0 Å². The first-order valence-electron chi connectivity index (χ1n) is 15.2. The lowest BCUT2D eigenvalue weighted by atomic mass is 9.89. The molecule has 4 aliphatic rings. The molecule has 0 fully saturated rings. The lowest BCUT2D eigenvalue weighted by molar-refractivity contribution is 0.543. The van der Waals surface area contributed by atoms with Crippen LogP contribution in [0.15, 0.2) is 131 Å². The van der Waals surface area contributed by atoms with Crippen LogP contribution in [0.1, 0.15) is 38.8 Å². The van der Waals surface area contributed by atoms with E-state index in [1.165, 1.54) is 11.1 Å². The van der Waals surface area contributed by atoms with Crippen LogP contribution in [0.4, 0.5) is 45.5 Å². The zero-order chi connectivity index (χ0) is 29.8. The zero-order valence-corrected chi connectivity index (χ0v) is 25.2. The summed E-state index contributed by atoms with van der Waals surface area (Å²) < 4.78 is 0. The zero-order valence-electron chi connectivity index (χ0n) is 25.2. The van der Waals surface area contributed by atoms with Gasteiger partial charge in [-0.15, -0.1) is 0 Å². The van der Waals surface area contributed by atoms with Gasteiger partial charge in [0, 0.05) is 22.5 Å². The highest BCUT2D eigenvalue weighted by atomic mass is 15.5. The Bertz CT molecular complexity index is 1910. The smallest absolute Gasteiger partial charge is 0.216 e. The van der Waals surface area contributed by atoms with Gasteiger partial charge in [-0.05, 0) is 88.4 Å². The van der Waals surface area contributed by atoms with Gasteiger partial charge in [0.25, 0.3) is 0 Å².